The second kappa shape index (κ2) is 8.36. The Morgan fingerprint density at radius 1 is 1.20 bits per heavy atom. The lowest BCUT2D eigenvalue weighted by atomic mass is 9.47. The van der Waals surface area contributed by atoms with Gasteiger partial charge in [-0.1, -0.05) is 30.7 Å². The third-order valence-corrected chi connectivity index (χ3v) is 10.3. The molecule has 0 unspecified atom stereocenters. The quantitative estimate of drug-likeness (QED) is 0.422. The molecule has 8 heteroatoms. The number of phenols is 1. The topological polar surface area (TPSA) is 107 Å². The van der Waals surface area contributed by atoms with Crippen LogP contribution in [0.2, 0.25) is 5.02 Å². The first-order chi connectivity index (χ1) is 16.5. The molecule has 0 aromatic heterocycles. The molecule has 186 valence electrons. The van der Waals surface area contributed by atoms with E-state index in [0.717, 1.165) is 38.5 Å². The van der Waals surface area contributed by atoms with Crippen molar-refractivity contribution in [3.8, 4) is 5.75 Å². The van der Waals surface area contributed by atoms with Gasteiger partial charge in [0.25, 0.3) is 0 Å². The number of allylic oxidation sites excluding steroid dienone is 1. The van der Waals surface area contributed by atoms with Gasteiger partial charge < -0.3 is 9.84 Å². The Morgan fingerprint density at radius 3 is 2.69 bits per heavy atom. The molecule has 2 fully saturated rings. The SMILES string of the molecule is C=C[C@@]12CCc3cc(O)ccc3[C@H]1CC[C@]1(C)[C@@H](OC(=O)c3ccc(Cl)c(S(N)(=O)=O)c3)CC[C@H]12. The van der Waals surface area contributed by atoms with Crippen LogP contribution in [0.1, 0.15) is 66.4 Å². The minimum atomic E-state index is -4.07. The third-order valence-electron chi connectivity index (χ3n) is 8.95. The zero-order valence-electron chi connectivity index (χ0n) is 19.7. The van der Waals surface area contributed by atoms with Crippen LogP contribution >= 0.6 is 11.6 Å². The first-order valence-electron chi connectivity index (χ1n) is 12.0. The predicted molar refractivity (Wildman–Crippen MR) is 134 cm³/mol. The van der Waals surface area contributed by atoms with Crippen molar-refractivity contribution in [2.75, 3.05) is 0 Å². The summed E-state index contributed by atoms with van der Waals surface area (Å²) in [5.74, 6) is 0.357. The number of aryl methyl sites for hydroxylation is 1. The normalized spacial score (nSPS) is 31.7. The molecule has 2 saturated carbocycles. The molecule has 2 aromatic rings. The number of ether oxygens (including phenoxy) is 1. The summed E-state index contributed by atoms with van der Waals surface area (Å²) in [7, 11) is -4.07. The third kappa shape index (κ3) is 3.79. The highest BCUT2D eigenvalue weighted by molar-refractivity contribution is 7.89. The molecule has 0 spiro atoms. The van der Waals surface area contributed by atoms with Gasteiger partial charge in [-0.15, -0.1) is 6.58 Å². The molecule has 0 radical (unpaired) electrons. The number of nitrogens with two attached hydrogens (primary N) is 1. The van der Waals surface area contributed by atoms with Gasteiger partial charge in [0, 0.05) is 5.41 Å². The Bertz CT molecular complexity index is 1320. The second-order valence-corrected chi connectivity index (χ2v) is 12.4. The number of hydrogen-bond donors (Lipinski definition) is 2. The van der Waals surface area contributed by atoms with Crippen molar-refractivity contribution < 1.29 is 23.1 Å². The van der Waals surface area contributed by atoms with E-state index < -0.39 is 16.0 Å². The van der Waals surface area contributed by atoms with Gasteiger partial charge in [0.1, 0.15) is 16.7 Å². The molecular formula is C27H30ClNO5S. The Morgan fingerprint density at radius 2 is 1.97 bits per heavy atom. The number of aromatic hydroxyl groups is 1. The minimum absolute atomic E-state index is 0.0333. The lowest BCUT2D eigenvalue weighted by molar-refractivity contribution is -0.0641. The number of halogens is 1. The van der Waals surface area contributed by atoms with Crippen molar-refractivity contribution in [2.24, 2.45) is 21.9 Å². The molecule has 6 nitrogen and oxygen atoms in total. The number of phenolic OH excluding ortho intramolecular Hbond substituents is 1. The monoisotopic (exact) mass is 515 g/mol. The van der Waals surface area contributed by atoms with Gasteiger partial charge >= 0.3 is 5.97 Å². The van der Waals surface area contributed by atoms with Crippen molar-refractivity contribution in [2.45, 2.75) is 62.4 Å². The molecule has 35 heavy (non-hydrogen) atoms. The van der Waals surface area contributed by atoms with E-state index in [1.807, 2.05) is 6.07 Å². The number of esters is 1. The maximum atomic E-state index is 13.1. The summed E-state index contributed by atoms with van der Waals surface area (Å²) in [5, 5.41) is 15.2. The minimum Gasteiger partial charge on any atom is -0.508 e. The molecule has 3 aliphatic rings. The highest BCUT2D eigenvalue weighted by atomic mass is 35.5. The first-order valence-corrected chi connectivity index (χ1v) is 13.9. The van der Waals surface area contributed by atoms with Crippen LogP contribution in [-0.4, -0.2) is 25.6 Å². The van der Waals surface area contributed by atoms with E-state index in [2.05, 4.69) is 25.6 Å². The molecule has 5 atom stereocenters. The Balaban J connectivity index is 1.43. The number of carbonyl (C=O) groups is 1. The Labute approximate surface area is 211 Å². The fraction of sp³-hybridized carbons (Fsp3) is 0.444. The van der Waals surface area contributed by atoms with Gasteiger partial charge in [-0.3, -0.25) is 0 Å². The van der Waals surface area contributed by atoms with Crippen molar-refractivity contribution in [1.29, 1.82) is 0 Å². The van der Waals surface area contributed by atoms with Crippen LogP contribution in [0.5, 0.6) is 5.75 Å². The Hall–Kier alpha value is -2.35. The molecule has 2 aromatic carbocycles. The fourth-order valence-corrected chi connectivity index (χ4v) is 8.38. The van der Waals surface area contributed by atoms with Crippen molar-refractivity contribution >= 4 is 27.6 Å². The first kappa shape index (κ1) is 24.3. The summed E-state index contributed by atoms with van der Waals surface area (Å²) in [4.78, 5) is 12.8. The summed E-state index contributed by atoms with van der Waals surface area (Å²) in [6, 6.07) is 9.72. The van der Waals surface area contributed by atoms with Crippen LogP contribution in [0.3, 0.4) is 0 Å². The van der Waals surface area contributed by atoms with E-state index in [1.165, 1.54) is 29.3 Å². The highest BCUT2D eigenvalue weighted by Gasteiger charge is 2.62. The van der Waals surface area contributed by atoms with E-state index >= 15 is 0 Å². The molecule has 5 rings (SSSR count). The van der Waals surface area contributed by atoms with Crippen LogP contribution in [-0.2, 0) is 21.2 Å². The number of rotatable bonds is 4. The predicted octanol–water partition coefficient (Wildman–Crippen LogP) is 5.33. The average molecular weight is 516 g/mol. The number of hydrogen-bond acceptors (Lipinski definition) is 5. The van der Waals surface area contributed by atoms with Crippen molar-refractivity contribution in [3.63, 3.8) is 0 Å². The number of carbonyl (C=O) groups excluding carboxylic acids is 1. The smallest absolute Gasteiger partial charge is 0.338 e. The summed E-state index contributed by atoms with van der Waals surface area (Å²) < 4.78 is 29.7. The summed E-state index contributed by atoms with van der Waals surface area (Å²) in [6.45, 7) is 6.49. The van der Waals surface area contributed by atoms with E-state index in [1.54, 1.807) is 6.07 Å². The highest BCUT2D eigenvalue weighted by Crippen LogP contribution is 2.68. The lowest BCUT2D eigenvalue weighted by Gasteiger charge is -2.57. The van der Waals surface area contributed by atoms with Gasteiger partial charge in [-0.05, 0) is 97.2 Å². The molecule has 0 saturated heterocycles. The zero-order chi connectivity index (χ0) is 25.2. The van der Waals surface area contributed by atoms with E-state index in [4.69, 9.17) is 21.5 Å². The number of benzene rings is 2. The largest absolute Gasteiger partial charge is 0.508 e. The van der Waals surface area contributed by atoms with Crippen LogP contribution in [0.25, 0.3) is 0 Å². The van der Waals surface area contributed by atoms with Gasteiger partial charge in [0.2, 0.25) is 10.0 Å². The maximum Gasteiger partial charge on any atom is 0.338 e. The van der Waals surface area contributed by atoms with Gasteiger partial charge in [0.05, 0.1) is 10.6 Å². The van der Waals surface area contributed by atoms with E-state index in [9.17, 15) is 18.3 Å². The molecular weight excluding hydrogens is 486 g/mol. The summed E-state index contributed by atoms with van der Waals surface area (Å²) in [6.07, 6.45) is 7.20. The van der Waals surface area contributed by atoms with Crippen LogP contribution in [0.4, 0.5) is 0 Å². The maximum absolute atomic E-state index is 13.1. The molecule has 3 aliphatic carbocycles. The summed E-state index contributed by atoms with van der Waals surface area (Å²) >= 11 is 5.98. The number of sulfonamides is 1. The number of fused-ring (bicyclic) bond motifs is 5. The molecule has 0 aliphatic heterocycles. The standard InChI is InChI=1S/C27H30ClNO5S/c1-3-27-13-10-16-14-18(30)5-6-19(16)20(27)11-12-26(2)23(27)8-9-24(26)34-25(31)17-4-7-21(28)22(15-17)35(29,32)33/h3-7,14-15,20,23-24,30H,1,8-13H2,2H3,(H2,29,32,33)/t20-,23-,24+,26+,27-/m1/s1. The van der Waals surface area contributed by atoms with E-state index in [0.29, 0.717) is 17.6 Å². The average Bonchev–Trinajstić information content (AvgIpc) is 3.14. The molecule has 0 bridgehead atoms. The molecule has 3 N–H and O–H groups in total. The van der Waals surface area contributed by atoms with Crippen molar-refractivity contribution in [1.82, 2.24) is 0 Å². The lowest BCUT2D eigenvalue weighted by Crippen LogP contribution is -2.51. The zero-order valence-corrected chi connectivity index (χ0v) is 21.2. The molecule has 0 heterocycles. The van der Waals surface area contributed by atoms with Crippen LogP contribution in [0, 0.1) is 16.7 Å². The van der Waals surface area contributed by atoms with Gasteiger partial charge in [0.15, 0.2) is 0 Å². The second-order valence-electron chi connectivity index (χ2n) is 10.5. The van der Waals surface area contributed by atoms with Gasteiger partial charge in [-0.2, -0.15) is 0 Å². The molecule has 0 amide bonds. The fourth-order valence-electron chi connectivity index (χ4n) is 7.31. The van der Waals surface area contributed by atoms with Crippen LogP contribution in [0.15, 0.2) is 53.9 Å². The Kier molecular flexibility index (Phi) is 5.81. The van der Waals surface area contributed by atoms with Crippen molar-refractivity contribution in [3.05, 3.63) is 70.8 Å². The number of primary sulfonamides is 1. The van der Waals surface area contributed by atoms with Crippen LogP contribution < -0.4 is 5.14 Å². The summed E-state index contributed by atoms with van der Waals surface area (Å²) in [5.41, 5.74) is 2.31. The van der Waals surface area contributed by atoms with E-state index in [-0.39, 0.29) is 32.4 Å². The van der Waals surface area contributed by atoms with Gasteiger partial charge in [-0.25, -0.2) is 18.4 Å².